The smallest absolute Gasteiger partial charge is 0.132 e. The minimum atomic E-state index is -0.356. The minimum Gasteiger partial charge on any atom is -0.355 e. The molecule has 3 nitrogen and oxygen atoms in total. The van der Waals surface area contributed by atoms with Crippen molar-refractivity contribution in [2.45, 2.75) is 19.8 Å². The highest BCUT2D eigenvalue weighted by atomic mass is 35.5. The molecule has 3 aromatic rings. The van der Waals surface area contributed by atoms with Gasteiger partial charge >= 0.3 is 0 Å². The fourth-order valence-electron chi connectivity index (χ4n) is 2.41. The van der Waals surface area contributed by atoms with Gasteiger partial charge in [0.2, 0.25) is 0 Å². The van der Waals surface area contributed by atoms with Crippen LogP contribution in [0.4, 0.5) is 15.8 Å². The fraction of sp³-hybridized carbons (Fsp3) is 0.158. The van der Waals surface area contributed by atoms with Gasteiger partial charge in [0.25, 0.3) is 0 Å². The molecule has 5 heteroatoms. The van der Waals surface area contributed by atoms with E-state index in [2.05, 4.69) is 35.2 Å². The molecule has 1 aromatic carbocycles. The van der Waals surface area contributed by atoms with Crippen molar-refractivity contribution < 1.29 is 4.39 Å². The first kappa shape index (κ1) is 16.4. The van der Waals surface area contributed by atoms with Crippen molar-refractivity contribution in [3.63, 3.8) is 0 Å². The first-order chi connectivity index (χ1) is 11.5. The second-order valence-corrected chi connectivity index (χ2v) is 6.15. The SMILES string of the molecule is CC(C)c1cnc(-c2cc(Cl)ccc2F)cc1Nc1[c]cncc1. The molecule has 0 fully saturated rings. The highest BCUT2D eigenvalue weighted by Gasteiger charge is 2.13. The van der Waals surface area contributed by atoms with Crippen LogP contribution in [0.3, 0.4) is 0 Å². The van der Waals surface area contributed by atoms with Crippen molar-refractivity contribution in [2.24, 2.45) is 0 Å². The lowest BCUT2D eigenvalue weighted by molar-refractivity contribution is 0.630. The van der Waals surface area contributed by atoms with Crippen molar-refractivity contribution in [3.05, 3.63) is 71.4 Å². The molecule has 0 saturated heterocycles. The number of halogens is 2. The third-order valence-electron chi connectivity index (χ3n) is 3.65. The number of rotatable bonds is 4. The van der Waals surface area contributed by atoms with Gasteiger partial charge in [-0.1, -0.05) is 25.4 Å². The molecular weight excluding hydrogens is 325 g/mol. The Morgan fingerprint density at radius 2 is 2.04 bits per heavy atom. The molecule has 2 aromatic heterocycles. The summed E-state index contributed by atoms with van der Waals surface area (Å²) < 4.78 is 14.1. The molecule has 121 valence electrons. The summed E-state index contributed by atoms with van der Waals surface area (Å²) in [5.41, 5.74) is 3.58. The largest absolute Gasteiger partial charge is 0.355 e. The maximum absolute atomic E-state index is 14.1. The van der Waals surface area contributed by atoms with E-state index in [-0.39, 0.29) is 11.7 Å². The van der Waals surface area contributed by atoms with Crippen LogP contribution >= 0.6 is 11.6 Å². The number of nitrogens with one attached hydrogen (secondary N) is 1. The molecule has 0 saturated carbocycles. The molecule has 0 aliphatic carbocycles. The first-order valence-electron chi connectivity index (χ1n) is 7.58. The number of pyridine rings is 2. The number of benzene rings is 1. The van der Waals surface area contributed by atoms with E-state index >= 15 is 0 Å². The molecular formula is C19H16ClFN3. The zero-order valence-corrected chi connectivity index (χ0v) is 14.1. The Balaban J connectivity index is 2.07. The lowest BCUT2D eigenvalue weighted by atomic mass is 10.0. The van der Waals surface area contributed by atoms with Gasteiger partial charge in [-0.05, 0) is 41.8 Å². The summed E-state index contributed by atoms with van der Waals surface area (Å²) in [7, 11) is 0. The molecule has 0 amide bonds. The Labute approximate surface area is 145 Å². The molecule has 24 heavy (non-hydrogen) atoms. The molecule has 0 aliphatic heterocycles. The number of hydrogen-bond donors (Lipinski definition) is 1. The van der Waals surface area contributed by atoms with Crippen LogP contribution < -0.4 is 5.32 Å². The molecule has 0 unspecified atom stereocenters. The standard InChI is InChI=1S/C19H16ClFN3/c1-12(2)16-11-23-18(15-9-13(20)3-4-17(15)21)10-19(16)24-14-5-7-22-8-6-14/h3-5,7-12H,1-2H3,(H,22,23,24). The van der Waals surface area contributed by atoms with Crippen LogP contribution in [0, 0.1) is 11.9 Å². The van der Waals surface area contributed by atoms with Gasteiger partial charge < -0.3 is 5.32 Å². The first-order valence-corrected chi connectivity index (χ1v) is 7.96. The monoisotopic (exact) mass is 340 g/mol. The van der Waals surface area contributed by atoms with Gasteiger partial charge in [-0.15, -0.1) is 0 Å². The lowest BCUT2D eigenvalue weighted by Crippen LogP contribution is -2.01. The average molecular weight is 341 g/mol. The molecule has 0 bridgehead atoms. The summed E-state index contributed by atoms with van der Waals surface area (Å²) in [4.78, 5) is 8.37. The van der Waals surface area contributed by atoms with E-state index in [4.69, 9.17) is 11.6 Å². The summed E-state index contributed by atoms with van der Waals surface area (Å²) in [6.45, 7) is 4.16. The fourth-order valence-corrected chi connectivity index (χ4v) is 2.59. The third-order valence-corrected chi connectivity index (χ3v) is 3.89. The van der Waals surface area contributed by atoms with Gasteiger partial charge in [-0.2, -0.15) is 0 Å². The van der Waals surface area contributed by atoms with Crippen molar-refractivity contribution >= 4 is 23.0 Å². The van der Waals surface area contributed by atoms with Crippen LogP contribution in [0.2, 0.25) is 5.02 Å². The molecule has 0 spiro atoms. The lowest BCUT2D eigenvalue weighted by Gasteiger charge is -2.16. The van der Waals surface area contributed by atoms with Crippen LogP contribution in [0.15, 0.2) is 48.9 Å². The van der Waals surface area contributed by atoms with E-state index in [0.29, 0.717) is 16.3 Å². The average Bonchev–Trinajstić information content (AvgIpc) is 2.57. The summed E-state index contributed by atoms with van der Waals surface area (Å²) in [6, 6.07) is 11.1. The minimum absolute atomic E-state index is 0.264. The second kappa shape index (κ2) is 6.97. The zero-order valence-electron chi connectivity index (χ0n) is 13.3. The van der Waals surface area contributed by atoms with Crippen LogP contribution in [0.5, 0.6) is 0 Å². The summed E-state index contributed by atoms with van der Waals surface area (Å²) in [6.07, 6.45) is 5.05. The van der Waals surface area contributed by atoms with Crippen LogP contribution in [0.1, 0.15) is 25.3 Å². The maximum Gasteiger partial charge on any atom is 0.132 e. The van der Waals surface area contributed by atoms with Gasteiger partial charge in [0.1, 0.15) is 5.82 Å². The predicted molar refractivity (Wildman–Crippen MR) is 95.1 cm³/mol. The predicted octanol–water partition coefficient (Wildman–Crippen LogP) is 5.60. The van der Waals surface area contributed by atoms with E-state index in [0.717, 1.165) is 16.9 Å². The Kier molecular flexibility index (Phi) is 4.76. The van der Waals surface area contributed by atoms with Gasteiger partial charge in [0, 0.05) is 46.6 Å². The van der Waals surface area contributed by atoms with Crippen molar-refractivity contribution in [2.75, 3.05) is 5.32 Å². The number of hydrogen-bond acceptors (Lipinski definition) is 3. The Hall–Kier alpha value is -2.46. The van der Waals surface area contributed by atoms with E-state index in [1.54, 1.807) is 24.7 Å². The van der Waals surface area contributed by atoms with Gasteiger partial charge in [0.15, 0.2) is 0 Å². The van der Waals surface area contributed by atoms with Crippen LogP contribution in [-0.2, 0) is 0 Å². The van der Waals surface area contributed by atoms with Crippen molar-refractivity contribution in [1.82, 2.24) is 9.97 Å². The van der Waals surface area contributed by atoms with Crippen molar-refractivity contribution in [3.8, 4) is 11.3 Å². The molecule has 0 atom stereocenters. The Morgan fingerprint density at radius 3 is 2.75 bits per heavy atom. The van der Waals surface area contributed by atoms with Crippen LogP contribution in [-0.4, -0.2) is 9.97 Å². The maximum atomic E-state index is 14.1. The highest BCUT2D eigenvalue weighted by Crippen LogP contribution is 2.32. The number of anilines is 2. The van der Waals surface area contributed by atoms with E-state index in [1.165, 1.54) is 12.1 Å². The van der Waals surface area contributed by atoms with Crippen molar-refractivity contribution in [1.29, 1.82) is 0 Å². The van der Waals surface area contributed by atoms with E-state index in [9.17, 15) is 4.39 Å². The number of nitrogens with zero attached hydrogens (tertiary/aromatic N) is 2. The van der Waals surface area contributed by atoms with E-state index in [1.807, 2.05) is 12.1 Å². The van der Waals surface area contributed by atoms with Gasteiger partial charge in [0.05, 0.1) is 5.69 Å². The topological polar surface area (TPSA) is 37.8 Å². The number of aromatic nitrogens is 2. The zero-order chi connectivity index (χ0) is 17.1. The second-order valence-electron chi connectivity index (χ2n) is 5.71. The van der Waals surface area contributed by atoms with Crippen LogP contribution in [0.25, 0.3) is 11.3 Å². The van der Waals surface area contributed by atoms with E-state index < -0.39 is 0 Å². The highest BCUT2D eigenvalue weighted by molar-refractivity contribution is 6.30. The van der Waals surface area contributed by atoms with Gasteiger partial charge in [-0.25, -0.2) is 4.39 Å². The molecule has 2 heterocycles. The Morgan fingerprint density at radius 1 is 1.21 bits per heavy atom. The van der Waals surface area contributed by atoms with Gasteiger partial charge in [-0.3, -0.25) is 9.97 Å². The summed E-state index contributed by atoms with van der Waals surface area (Å²) in [5.74, 6) is -0.0919. The normalized spacial score (nSPS) is 10.9. The molecule has 3 rings (SSSR count). The Bertz CT molecular complexity index is 850. The summed E-state index contributed by atoms with van der Waals surface area (Å²) in [5, 5.41) is 3.78. The third kappa shape index (κ3) is 3.54. The summed E-state index contributed by atoms with van der Waals surface area (Å²) >= 11 is 6.00. The molecule has 0 aliphatic rings. The molecule has 1 radical (unpaired) electrons. The quantitative estimate of drug-likeness (QED) is 0.671. The molecule has 1 N–H and O–H groups in total.